The van der Waals surface area contributed by atoms with Gasteiger partial charge in [0.25, 0.3) is 0 Å². The summed E-state index contributed by atoms with van der Waals surface area (Å²) in [6, 6.07) is 0. The summed E-state index contributed by atoms with van der Waals surface area (Å²) in [6.45, 7) is 4.34. The van der Waals surface area contributed by atoms with Crippen molar-refractivity contribution in [2.75, 3.05) is 26.4 Å². The molecular weight excluding hydrogens is 733 g/mol. The summed E-state index contributed by atoms with van der Waals surface area (Å²) in [6.07, 6.45) is 44.9. The fourth-order valence-corrected chi connectivity index (χ4v) is 6.52. The van der Waals surface area contributed by atoms with Crippen LogP contribution < -0.4 is 0 Å². The fourth-order valence-electron chi connectivity index (χ4n) is 6.52. The molecule has 334 valence electrons. The lowest BCUT2D eigenvalue weighted by molar-refractivity contribution is -0.305. The van der Waals surface area contributed by atoms with Gasteiger partial charge < -0.3 is 39.4 Å². The van der Waals surface area contributed by atoms with E-state index in [1.54, 1.807) is 0 Å². The molecule has 0 aromatic heterocycles. The van der Waals surface area contributed by atoms with E-state index in [-0.39, 0.29) is 19.2 Å². The summed E-state index contributed by atoms with van der Waals surface area (Å²) in [5, 5.41) is 40.1. The van der Waals surface area contributed by atoms with Gasteiger partial charge in [-0.05, 0) is 77.0 Å². The summed E-state index contributed by atoms with van der Waals surface area (Å²) < 4.78 is 22.8. The van der Waals surface area contributed by atoms with E-state index in [4.69, 9.17) is 18.9 Å². The lowest BCUT2D eigenvalue weighted by Gasteiger charge is -2.39. The van der Waals surface area contributed by atoms with Gasteiger partial charge in [0.05, 0.1) is 19.8 Å². The third-order valence-corrected chi connectivity index (χ3v) is 10.1. The van der Waals surface area contributed by atoms with Crippen LogP contribution in [-0.2, 0) is 23.7 Å². The minimum atomic E-state index is -1.54. The molecule has 9 heteroatoms. The molecule has 1 aliphatic rings. The molecule has 0 aliphatic carbocycles. The molecule has 0 radical (unpaired) electrons. The third-order valence-electron chi connectivity index (χ3n) is 10.1. The maximum Gasteiger partial charge on any atom is 0.306 e. The van der Waals surface area contributed by atoms with E-state index >= 15 is 0 Å². The van der Waals surface area contributed by atoms with Crippen molar-refractivity contribution < 1.29 is 44.2 Å². The van der Waals surface area contributed by atoms with Crippen molar-refractivity contribution in [3.05, 3.63) is 72.9 Å². The number of carbonyl (C=O) groups is 1. The minimum Gasteiger partial charge on any atom is -0.457 e. The summed E-state index contributed by atoms with van der Waals surface area (Å²) in [4.78, 5) is 12.8. The molecule has 9 nitrogen and oxygen atoms in total. The molecule has 1 saturated heterocycles. The number of hydrogen-bond acceptors (Lipinski definition) is 9. The Morgan fingerprint density at radius 3 is 1.59 bits per heavy atom. The van der Waals surface area contributed by atoms with Gasteiger partial charge in [0.1, 0.15) is 30.5 Å². The highest BCUT2D eigenvalue weighted by molar-refractivity contribution is 5.69. The van der Waals surface area contributed by atoms with Gasteiger partial charge >= 0.3 is 5.97 Å². The standard InChI is InChI=1S/C49H84O9/c1-3-5-7-9-11-13-15-17-19-20-21-22-23-24-25-26-28-30-32-34-36-38-45(51)57-43(42-56-49-48(54)47(53)46(52)44(40-50)58-49)41-55-39-37-35-33-31-29-27-18-16-14-12-10-8-6-4-2/h5,7-8,10-11,13-14,16-17,19,21-22,43-44,46-50,52-54H,3-4,6,9,12,15,18,20,23-42H2,1-2H3/b7-5-,10-8-,13-11-,16-14-,19-17-,22-21-. The molecule has 0 saturated carbocycles. The second kappa shape index (κ2) is 40.1. The Balaban J connectivity index is 2.26. The highest BCUT2D eigenvalue weighted by Crippen LogP contribution is 2.22. The molecule has 4 N–H and O–H groups in total. The van der Waals surface area contributed by atoms with Crippen molar-refractivity contribution >= 4 is 5.97 Å². The van der Waals surface area contributed by atoms with Gasteiger partial charge in [-0.2, -0.15) is 0 Å². The van der Waals surface area contributed by atoms with Crippen molar-refractivity contribution in [1.82, 2.24) is 0 Å². The summed E-state index contributed by atoms with van der Waals surface area (Å²) >= 11 is 0. The van der Waals surface area contributed by atoms with Crippen LogP contribution in [0.2, 0.25) is 0 Å². The van der Waals surface area contributed by atoms with Gasteiger partial charge in [-0.1, -0.05) is 157 Å². The molecule has 6 unspecified atom stereocenters. The van der Waals surface area contributed by atoms with Crippen LogP contribution in [-0.4, -0.2) is 89.6 Å². The van der Waals surface area contributed by atoms with E-state index in [0.29, 0.717) is 13.0 Å². The maximum atomic E-state index is 12.8. The van der Waals surface area contributed by atoms with Crippen LogP contribution in [0.4, 0.5) is 0 Å². The molecule has 0 bridgehead atoms. The predicted octanol–water partition coefficient (Wildman–Crippen LogP) is 10.5. The monoisotopic (exact) mass is 817 g/mol. The van der Waals surface area contributed by atoms with E-state index in [0.717, 1.165) is 96.3 Å². The smallest absolute Gasteiger partial charge is 0.306 e. The molecule has 0 amide bonds. The lowest BCUT2D eigenvalue weighted by Crippen LogP contribution is -2.59. The van der Waals surface area contributed by atoms with Gasteiger partial charge in [0.2, 0.25) is 0 Å². The fraction of sp³-hybridized carbons (Fsp3) is 0.735. The molecule has 1 aliphatic heterocycles. The highest BCUT2D eigenvalue weighted by atomic mass is 16.7. The molecule has 1 fully saturated rings. The van der Waals surface area contributed by atoms with Gasteiger partial charge in [-0.15, -0.1) is 0 Å². The van der Waals surface area contributed by atoms with Crippen molar-refractivity contribution in [2.45, 2.75) is 205 Å². The normalized spacial score (nSPS) is 21.0. The van der Waals surface area contributed by atoms with Gasteiger partial charge in [0.15, 0.2) is 6.29 Å². The zero-order valence-corrected chi connectivity index (χ0v) is 36.5. The number of rotatable bonds is 38. The number of aliphatic hydroxyl groups excluding tert-OH is 4. The molecule has 0 aromatic rings. The predicted molar refractivity (Wildman–Crippen MR) is 237 cm³/mol. The largest absolute Gasteiger partial charge is 0.457 e. The molecule has 1 heterocycles. The van der Waals surface area contributed by atoms with E-state index in [1.807, 2.05) is 0 Å². The zero-order chi connectivity index (χ0) is 42.2. The van der Waals surface area contributed by atoms with Crippen molar-refractivity contribution in [1.29, 1.82) is 0 Å². The summed E-state index contributed by atoms with van der Waals surface area (Å²) in [5.74, 6) is -0.329. The Morgan fingerprint density at radius 1 is 0.569 bits per heavy atom. The molecule has 0 spiro atoms. The molecule has 6 atom stereocenters. The number of esters is 1. The molecule has 0 aromatic carbocycles. The number of unbranched alkanes of at least 4 members (excludes halogenated alkanes) is 15. The van der Waals surface area contributed by atoms with Crippen molar-refractivity contribution in [3.63, 3.8) is 0 Å². The van der Waals surface area contributed by atoms with Gasteiger partial charge in [0, 0.05) is 13.0 Å². The topological polar surface area (TPSA) is 135 Å². The number of aliphatic hydroxyl groups is 4. The van der Waals surface area contributed by atoms with Crippen LogP contribution in [0.1, 0.15) is 168 Å². The first kappa shape index (κ1) is 53.6. The average Bonchev–Trinajstić information content (AvgIpc) is 3.22. The van der Waals surface area contributed by atoms with E-state index in [1.165, 1.54) is 51.4 Å². The first-order chi connectivity index (χ1) is 28.4. The quantitative estimate of drug-likeness (QED) is 0.0273. The lowest BCUT2D eigenvalue weighted by atomic mass is 9.99. The van der Waals surface area contributed by atoms with Crippen LogP contribution in [0.25, 0.3) is 0 Å². The Morgan fingerprint density at radius 2 is 1.05 bits per heavy atom. The Labute approximate surface area is 353 Å². The van der Waals surface area contributed by atoms with Crippen LogP contribution in [0.5, 0.6) is 0 Å². The summed E-state index contributed by atoms with van der Waals surface area (Å²) in [5.41, 5.74) is 0. The number of hydrogen-bond donors (Lipinski definition) is 4. The van der Waals surface area contributed by atoms with Crippen LogP contribution in [0.3, 0.4) is 0 Å². The van der Waals surface area contributed by atoms with Crippen molar-refractivity contribution in [3.8, 4) is 0 Å². The Bertz CT molecular complexity index is 1110. The third kappa shape index (κ3) is 30.6. The molecule has 58 heavy (non-hydrogen) atoms. The second-order valence-corrected chi connectivity index (χ2v) is 15.5. The average molecular weight is 817 g/mol. The molecular formula is C49H84O9. The molecule has 1 rings (SSSR count). The van der Waals surface area contributed by atoms with Gasteiger partial charge in [-0.3, -0.25) is 4.79 Å². The number of ether oxygens (including phenoxy) is 4. The van der Waals surface area contributed by atoms with E-state index in [2.05, 4.69) is 86.8 Å². The Kier molecular flexibility index (Phi) is 37.1. The summed E-state index contributed by atoms with van der Waals surface area (Å²) in [7, 11) is 0. The SMILES string of the molecule is CC/C=C\C/C=C\C/C=C\C/C=C\CCCCCCCCCCC(=O)OC(COCCCCCCCC/C=C\C/C=C\CCC)COC1OC(CO)C(O)C(O)C1O. The number of carbonyl (C=O) groups excluding carboxylic acids is 1. The first-order valence-corrected chi connectivity index (χ1v) is 23.0. The van der Waals surface area contributed by atoms with Crippen LogP contribution >= 0.6 is 0 Å². The van der Waals surface area contributed by atoms with E-state index in [9.17, 15) is 25.2 Å². The van der Waals surface area contributed by atoms with E-state index < -0.39 is 43.4 Å². The minimum absolute atomic E-state index is 0.125. The Hall–Kier alpha value is -2.37. The maximum absolute atomic E-state index is 12.8. The highest BCUT2D eigenvalue weighted by Gasteiger charge is 2.44. The second-order valence-electron chi connectivity index (χ2n) is 15.5. The first-order valence-electron chi connectivity index (χ1n) is 23.0. The zero-order valence-electron chi connectivity index (χ0n) is 36.5. The van der Waals surface area contributed by atoms with Crippen molar-refractivity contribution in [2.24, 2.45) is 0 Å². The van der Waals surface area contributed by atoms with Crippen LogP contribution in [0, 0.1) is 0 Å². The van der Waals surface area contributed by atoms with Gasteiger partial charge in [-0.25, -0.2) is 0 Å². The number of allylic oxidation sites excluding steroid dienone is 12. The van der Waals surface area contributed by atoms with Crippen LogP contribution in [0.15, 0.2) is 72.9 Å².